The first-order chi connectivity index (χ1) is 16.4. The second-order valence-corrected chi connectivity index (χ2v) is 13.0. The van der Waals surface area contributed by atoms with Gasteiger partial charge >= 0.3 is 0 Å². The molecule has 2 N–H and O–H groups in total. The molecule has 0 aromatic heterocycles. The highest BCUT2D eigenvalue weighted by Gasteiger charge is 2.53. The fraction of sp³-hybridized carbons (Fsp3) is 0.731. The minimum Gasteiger partial charge on any atom is -0.379 e. The zero-order valence-corrected chi connectivity index (χ0v) is 21.1. The average molecular weight is 490 g/mol. The molecule has 1 aromatic rings. The van der Waals surface area contributed by atoms with Gasteiger partial charge in [-0.1, -0.05) is 19.1 Å². The lowest BCUT2D eigenvalue weighted by atomic mass is 9.47. The lowest BCUT2D eigenvalue weighted by Gasteiger charge is -2.59. The first kappa shape index (κ1) is 24.2. The Kier molecular flexibility index (Phi) is 7.04. The highest BCUT2D eigenvalue weighted by atomic mass is 32.2. The van der Waals surface area contributed by atoms with Crippen LogP contribution < -0.4 is 10.6 Å². The van der Waals surface area contributed by atoms with Crippen LogP contribution in [0.5, 0.6) is 0 Å². The van der Waals surface area contributed by atoms with Gasteiger partial charge in [0.25, 0.3) is 0 Å². The number of rotatable bonds is 9. The number of ether oxygens (including phenoxy) is 1. The Morgan fingerprint density at radius 2 is 1.65 bits per heavy atom. The Labute approximate surface area is 204 Å². The van der Waals surface area contributed by atoms with Crippen LogP contribution >= 0.6 is 0 Å². The number of benzene rings is 1. The molecule has 1 saturated heterocycles. The molecule has 4 saturated carbocycles. The zero-order chi connectivity index (χ0) is 23.8. The summed E-state index contributed by atoms with van der Waals surface area (Å²) < 4.78 is 32.2. The van der Waals surface area contributed by atoms with Gasteiger partial charge in [0.2, 0.25) is 15.9 Å². The number of morpholine rings is 1. The summed E-state index contributed by atoms with van der Waals surface area (Å²) in [7, 11) is -3.49. The topological polar surface area (TPSA) is 87.7 Å². The maximum absolute atomic E-state index is 12.8. The van der Waals surface area contributed by atoms with Gasteiger partial charge in [-0.2, -0.15) is 4.31 Å². The zero-order valence-electron chi connectivity index (χ0n) is 20.3. The van der Waals surface area contributed by atoms with Gasteiger partial charge in [0, 0.05) is 25.7 Å². The van der Waals surface area contributed by atoms with E-state index in [1.54, 1.807) is 24.3 Å². The SMILES string of the molecule is CC[C@H](NCC(=O)NCc1ccc(S(=O)(=O)N2CCOCC2)cc1)C12CC3CC(CC(C3)C1)C2. The molecule has 1 amide bonds. The predicted molar refractivity (Wildman–Crippen MR) is 131 cm³/mol. The molecule has 5 fully saturated rings. The standard InChI is InChI=1S/C26H39N3O4S/c1-2-24(26-14-20-11-21(15-26)13-22(12-20)16-26)27-18-25(30)28-17-19-3-5-23(6-4-19)34(31,32)29-7-9-33-10-8-29/h3-6,20-22,24,27H,2,7-18H2,1H3,(H,28,30)/t20?,21?,22?,24-,26?/m0/s1. The van der Waals surface area contributed by atoms with E-state index in [2.05, 4.69) is 17.6 Å². The van der Waals surface area contributed by atoms with Crippen molar-refractivity contribution in [3.8, 4) is 0 Å². The van der Waals surface area contributed by atoms with Gasteiger partial charge in [-0.3, -0.25) is 4.79 Å². The number of amides is 1. The molecule has 1 aliphatic heterocycles. The summed E-state index contributed by atoms with van der Waals surface area (Å²) in [5.74, 6) is 2.72. The smallest absolute Gasteiger partial charge is 0.243 e. The van der Waals surface area contributed by atoms with Crippen molar-refractivity contribution in [1.82, 2.24) is 14.9 Å². The van der Waals surface area contributed by atoms with Crippen LogP contribution in [0.4, 0.5) is 0 Å². The van der Waals surface area contributed by atoms with Gasteiger partial charge < -0.3 is 15.4 Å². The summed E-state index contributed by atoms with van der Waals surface area (Å²) >= 11 is 0. The Morgan fingerprint density at radius 3 is 2.21 bits per heavy atom. The van der Waals surface area contributed by atoms with Crippen molar-refractivity contribution < 1.29 is 17.9 Å². The number of nitrogens with one attached hydrogen (secondary N) is 2. The van der Waals surface area contributed by atoms with E-state index in [0.29, 0.717) is 50.8 Å². The number of carbonyl (C=O) groups is 1. The second kappa shape index (κ2) is 9.88. The highest BCUT2D eigenvalue weighted by molar-refractivity contribution is 7.89. The van der Waals surface area contributed by atoms with E-state index < -0.39 is 10.0 Å². The van der Waals surface area contributed by atoms with E-state index >= 15 is 0 Å². The van der Waals surface area contributed by atoms with Crippen molar-refractivity contribution in [3.63, 3.8) is 0 Å². The van der Waals surface area contributed by atoms with E-state index in [9.17, 15) is 13.2 Å². The third kappa shape index (κ3) is 4.92. The van der Waals surface area contributed by atoms with Crippen LogP contribution in [0.25, 0.3) is 0 Å². The first-order valence-electron chi connectivity index (χ1n) is 13.0. The Hall–Kier alpha value is -1.48. The van der Waals surface area contributed by atoms with Gasteiger partial charge in [0.1, 0.15) is 0 Å². The van der Waals surface area contributed by atoms with E-state index in [-0.39, 0.29) is 10.8 Å². The average Bonchev–Trinajstić information content (AvgIpc) is 2.83. The largest absolute Gasteiger partial charge is 0.379 e. The fourth-order valence-electron chi connectivity index (χ4n) is 7.59. The van der Waals surface area contributed by atoms with Crippen LogP contribution in [0.15, 0.2) is 29.2 Å². The molecule has 5 aliphatic rings. The summed E-state index contributed by atoms with van der Waals surface area (Å²) in [6.07, 6.45) is 9.39. The van der Waals surface area contributed by atoms with Crippen molar-refractivity contribution in [3.05, 3.63) is 29.8 Å². The van der Waals surface area contributed by atoms with Crippen LogP contribution in [0.3, 0.4) is 0 Å². The van der Waals surface area contributed by atoms with E-state index in [1.807, 2.05) is 0 Å². The van der Waals surface area contributed by atoms with Crippen molar-refractivity contribution in [2.24, 2.45) is 23.2 Å². The second-order valence-electron chi connectivity index (χ2n) is 11.1. The van der Waals surface area contributed by atoms with E-state index in [4.69, 9.17) is 4.74 Å². The molecular weight excluding hydrogens is 450 g/mol. The summed E-state index contributed by atoms with van der Waals surface area (Å²) in [6.45, 7) is 4.61. The molecule has 0 spiro atoms. The maximum Gasteiger partial charge on any atom is 0.243 e. The maximum atomic E-state index is 12.8. The molecule has 4 bridgehead atoms. The molecule has 4 aliphatic carbocycles. The van der Waals surface area contributed by atoms with Crippen LogP contribution in [0, 0.1) is 23.2 Å². The van der Waals surface area contributed by atoms with Gasteiger partial charge in [0.05, 0.1) is 24.7 Å². The summed E-state index contributed by atoms with van der Waals surface area (Å²) in [4.78, 5) is 12.9. The highest BCUT2D eigenvalue weighted by Crippen LogP contribution is 2.61. The third-order valence-electron chi connectivity index (χ3n) is 8.76. The molecule has 8 heteroatoms. The van der Waals surface area contributed by atoms with Crippen molar-refractivity contribution in [2.75, 3.05) is 32.8 Å². The quantitative estimate of drug-likeness (QED) is 0.557. The number of hydrogen-bond donors (Lipinski definition) is 2. The molecule has 0 unspecified atom stereocenters. The molecule has 1 atom stereocenters. The van der Waals surface area contributed by atoms with E-state index in [1.165, 1.54) is 42.8 Å². The van der Waals surface area contributed by atoms with Crippen molar-refractivity contribution in [2.45, 2.75) is 69.4 Å². The minimum atomic E-state index is -3.49. The van der Waals surface area contributed by atoms with E-state index in [0.717, 1.165) is 29.7 Å². The molecule has 6 rings (SSSR count). The Balaban J connectivity index is 1.11. The molecule has 1 heterocycles. The summed E-state index contributed by atoms with van der Waals surface area (Å²) in [6, 6.07) is 7.24. The number of nitrogens with zero attached hydrogens (tertiary/aromatic N) is 1. The Morgan fingerprint density at radius 1 is 1.06 bits per heavy atom. The van der Waals surface area contributed by atoms with Crippen molar-refractivity contribution >= 4 is 15.9 Å². The van der Waals surface area contributed by atoms with Crippen molar-refractivity contribution in [1.29, 1.82) is 0 Å². The molecule has 188 valence electrons. The van der Waals surface area contributed by atoms with Gasteiger partial charge in [0.15, 0.2) is 0 Å². The lowest BCUT2D eigenvalue weighted by Crippen LogP contribution is -2.56. The molecule has 7 nitrogen and oxygen atoms in total. The monoisotopic (exact) mass is 489 g/mol. The van der Waals surface area contributed by atoms with Gasteiger partial charge in [-0.25, -0.2) is 8.42 Å². The van der Waals surface area contributed by atoms with Gasteiger partial charge in [-0.05, 0) is 85.8 Å². The van der Waals surface area contributed by atoms with Gasteiger partial charge in [-0.15, -0.1) is 0 Å². The number of sulfonamides is 1. The van der Waals surface area contributed by atoms with Crippen LogP contribution in [-0.4, -0.2) is 57.5 Å². The lowest BCUT2D eigenvalue weighted by molar-refractivity contribution is -0.121. The number of carbonyl (C=O) groups excluding carboxylic acids is 1. The summed E-state index contributed by atoms with van der Waals surface area (Å²) in [5.41, 5.74) is 1.29. The minimum absolute atomic E-state index is 0.00630. The van der Waals surface area contributed by atoms with Crippen LogP contribution in [-0.2, 0) is 26.1 Å². The summed E-state index contributed by atoms with van der Waals surface area (Å²) in [5, 5.41) is 6.62. The third-order valence-corrected chi connectivity index (χ3v) is 10.7. The fourth-order valence-corrected chi connectivity index (χ4v) is 9.00. The molecule has 0 radical (unpaired) electrons. The Bertz CT molecular complexity index is 937. The first-order valence-corrected chi connectivity index (χ1v) is 14.5. The molecule has 34 heavy (non-hydrogen) atoms. The normalized spacial score (nSPS) is 32.0. The molecular formula is C26H39N3O4S. The number of hydrogen-bond acceptors (Lipinski definition) is 5. The van der Waals surface area contributed by atoms with Crippen LogP contribution in [0.1, 0.15) is 57.4 Å². The molecule has 1 aromatic carbocycles. The predicted octanol–water partition coefficient (Wildman–Crippen LogP) is 2.91. The van der Waals surface area contributed by atoms with Crippen LogP contribution in [0.2, 0.25) is 0 Å².